The highest BCUT2D eigenvalue weighted by Crippen LogP contribution is 2.27. The van der Waals surface area contributed by atoms with Gasteiger partial charge in [-0.1, -0.05) is 12.2 Å². The summed E-state index contributed by atoms with van der Waals surface area (Å²) in [5.74, 6) is 0.215. The fourth-order valence-corrected chi connectivity index (χ4v) is 1.22. The Bertz CT molecular complexity index is 340. The summed E-state index contributed by atoms with van der Waals surface area (Å²) < 4.78 is 17.8. The molecule has 1 aliphatic rings. The van der Waals surface area contributed by atoms with E-state index >= 15 is 0 Å². The zero-order valence-electron chi connectivity index (χ0n) is 6.13. The van der Waals surface area contributed by atoms with E-state index in [0.29, 0.717) is 17.3 Å². The van der Waals surface area contributed by atoms with Gasteiger partial charge in [0.25, 0.3) is 0 Å². The molecule has 2 nitrogen and oxygen atoms in total. The third-order valence-electron chi connectivity index (χ3n) is 1.58. The van der Waals surface area contributed by atoms with Gasteiger partial charge in [0, 0.05) is 6.07 Å². The molecule has 0 radical (unpaired) electrons. The average molecular weight is 183 g/mol. The summed E-state index contributed by atoms with van der Waals surface area (Å²) in [4.78, 5) is 0.620. The van der Waals surface area contributed by atoms with E-state index in [2.05, 4.69) is 5.32 Å². The van der Waals surface area contributed by atoms with E-state index in [0.717, 1.165) is 5.69 Å². The molecule has 4 heteroatoms. The van der Waals surface area contributed by atoms with Gasteiger partial charge in [0.05, 0.1) is 5.69 Å². The first-order valence-corrected chi connectivity index (χ1v) is 3.89. The molecule has 1 aromatic rings. The molecule has 0 spiro atoms. The van der Waals surface area contributed by atoms with Gasteiger partial charge in [-0.15, -0.1) is 0 Å². The number of hydrogen-bond acceptors (Lipinski definition) is 2. The van der Waals surface area contributed by atoms with Gasteiger partial charge in [0.15, 0.2) is 0 Å². The van der Waals surface area contributed by atoms with Crippen molar-refractivity contribution in [3.8, 4) is 5.75 Å². The van der Waals surface area contributed by atoms with Crippen molar-refractivity contribution in [1.82, 2.24) is 0 Å². The van der Waals surface area contributed by atoms with E-state index in [1.165, 1.54) is 12.1 Å². The predicted octanol–water partition coefficient (Wildman–Crippen LogP) is 1.96. The number of ether oxygens (including phenoxy) is 1. The second-order valence-corrected chi connectivity index (χ2v) is 2.97. The van der Waals surface area contributed by atoms with E-state index in [4.69, 9.17) is 17.0 Å². The summed E-state index contributed by atoms with van der Waals surface area (Å²) in [6.07, 6.45) is 0. The van der Waals surface area contributed by atoms with Crippen LogP contribution in [0.4, 0.5) is 10.1 Å². The molecular weight excluding hydrogens is 177 g/mol. The highest BCUT2D eigenvalue weighted by Gasteiger charge is 2.12. The van der Waals surface area contributed by atoms with Crippen molar-refractivity contribution in [2.75, 3.05) is 11.9 Å². The molecule has 1 aromatic carbocycles. The number of fused-ring (bicyclic) bond motifs is 1. The van der Waals surface area contributed by atoms with Gasteiger partial charge in [-0.25, -0.2) is 4.39 Å². The van der Waals surface area contributed by atoms with E-state index in [1.54, 1.807) is 6.07 Å². The maximum absolute atomic E-state index is 12.7. The Morgan fingerprint density at radius 1 is 1.50 bits per heavy atom. The molecule has 62 valence electrons. The standard InChI is InChI=1S/C8H6FNOS/c9-5-1-2-6-7(3-5)11-4-8(12)10-6/h1-3H,4H2,(H,10,12). The summed E-state index contributed by atoms with van der Waals surface area (Å²) in [6.45, 7) is 0.325. The number of rotatable bonds is 0. The maximum atomic E-state index is 12.7. The van der Waals surface area contributed by atoms with E-state index < -0.39 is 0 Å². The lowest BCUT2D eigenvalue weighted by atomic mass is 10.2. The highest BCUT2D eigenvalue weighted by atomic mass is 32.1. The molecule has 1 heterocycles. The predicted molar refractivity (Wildman–Crippen MR) is 48.1 cm³/mol. The second kappa shape index (κ2) is 2.71. The molecule has 0 aromatic heterocycles. The number of thiocarbonyl (C=S) groups is 1. The lowest BCUT2D eigenvalue weighted by Gasteiger charge is -2.19. The molecule has 0 saturated carbocycles. The number of halogens is 1. The monoisotopic (exact) mass is 183 g/mol. The molecule has 1 N–H and O–H groups in total. The van der Waals surface area contributed by atoms with Crippen LogP contribution in [0.5, 0.6) is 5.75 Å². The highest BCUT2D eigenvalue weighted by molar-refractivity contribution is 7.80. The molecule has 2 rings (SSSR count). The molecular formula is C8H6FNOS. The van der Waals surface area contributed by atoms with Gasteiger partial charge in [0.1, 0.15) is 23.2 Å². The van der Waals surface area contributed by atoms with Crippen molar-refractivity contribution in [1.29, 1.82) is 0 Å². The summed E-state index contributed by atoms with van der Waals surface area (Å²) in [5.41, 5.74) is 0.729. The van der Waals surface area contributed by atoms with Crippen LogP contribution in [-0.4, -0.2) is 11.6 Å². The molecule has 0 saturated heterocycles. The largest absolute Gasteiger partial charge is 0.484 e. The topological polar surface area (TPSA) is 21.3 Å². The first-order chi connectivity index (χ1) is 5.75. The SMILES string of the molecule is Fc1ccc2c(c1)OCC(=S)N2. The molecule has 12 heavy (non-hydrogen) atoms. The van der Waals surface area contributed by atoms with Crippen molar-refractivity contribution < 1.29 is 9.13 Å². The molecule has 0 fully saturated rings. The zero-order chi connectivity index (χ0) is 8.55. The molecule has 0 atom stereocenters. The van der Waals surface area contributed by atoms with Crippen LogP contribution in [0.3, 0.4) is 0 Å². The normalized spacial score (nSPS) is 14.6. The smallest absolute Gasteiger partial charge is 0.146 e. The van der Waals surface area contributed by atoms with Gasteiger partial charge in [-0.2, -0.15) is 0 Å². The number of benzene rings is 1. The Morgan fingerprint density at radius 2 is 2.33 bits per heavy atom. The minimum Gasteiger partial charge on any atom is -0.484 e. The number of anilines is 1. The minimum atomic E-state index is -0.302. The molecule has 1 aliphatic heterocycles. The quantitative estimate of drug-likeness (QED) is 0.621. The fourth-order valence-electron chi connectivity index (χ4n) is 1.05. The van der Waals surface area contributed by atoms with Crippen LogP contribution in [0.2, 0.25) is 0 Å². The maximum Gasteiger partial charge on any atom is 0.146 e. The van der Waals surface area contributed by atoms with Crippen molar-refractivity contribution >= 4 is 22.9 Å². The number of nitrogens with one attached hydrogen (secondary N) is 1. The van der Waals surface area contributed by atoms with Crippen LogP contribution in [0.25, 0.3) is 0 Å². The van der Waals surface area contributed by atoms with Gasteiger partial charge < -0.3 is 10.1 Å². The van der Waals surface area contributed by atoms with Crippen LogP contribution in [0.15, 0.2) is 18.2 Å². The van der Waals surface area contributed by atoms with Crippen LogP contribution in [0.1, 0.15) is 0 Å². The van der Waals surface area contributed by atoms with E-state index in [1.807, 2.05) is 0 Å². The molecule has 0 unspecified atom stereocenters. The van der Waals surface area contributed by atoms with Gasteiger partial charge in [0.2, 0.25) is 0 Å². The molecule has 0 aliphatic carbocycles. The summed E-state index contributed by atoms with van der Waals surface area (Å²) in [5, 5.41) is 2.93. The third kappa shape index (κ3) is 1.25. The Morgan fingerprint density at radius 3 is 3.17 bits per heavy atom. The fraction of sp³-hybridized carbons (Fsp3) is 0.125. The number of hydrogen-bond donors (Lipinski definition) is 1. The van der Waals surface area contributed by atoms with Crippen LogP contribution in [0, 0.1) is 5.82 Å². The Hall–Kier alpha value is -1.16. The summed E-state index contributed by atoms with van der Waals surface area (Å²) >= 11 is 4.88. The third-order valence-corrected chi connectivity index (χ3v) is 1.80. The lowest BCUT2D eigenvalue weighted by molar-refractivity contribution is 0.372. The second-order valence-electron chi connectivity index (χ2n) is 2.48. The Balaban J connectivity index is 2.43. The first kappa shape index (κ1) is 7.49. The molecule has 0 bridgehead atoms. The average Bonchev–Trinajstić information content (AvgIpc) is 2.05. The van der Waals surface area contributed by atoms with Crippen LogP contribution in [-0.2, 0) is 0 Å². The van der Waals surface area contributed by atoms with Gasteiger partial charge in [-0.3, -0.25) is 0 Å². The van der Waals surface area contributed by atoms with Crippen molar-refractivity contribution in [3.05, 3.63) is 24.0 Å². The lowest BCUT2D eigenvalue weighted by Crippen LogP contribution is -2.23. The molecule has 0 amide bonds. The Labute approximate surface area is 74.3 Å². The first-order valence-electron chi connectivity index (χ1n) is 3.48. The Kier molecular flexibility index (Phi) is 1.69. The van der Waals surface area contributed by atoms with Crippen molar-refractivity contribution in [3.63, 3.8) is 0 Å². The van der Waals surface area contributed by atoms with Gasteiger partial charge in [-0.05, 0) is 12.1 Å². The van der Waals surface area contributed by atoms with Crippen LogP contribution >= 0.6 is 12.2 Å². The van der Waals surface area contributed by atoms with Crippen molar-refractivity contribution in [2.45, 2.75) is 0 Å². The zero-order valence-corrected chi connectivity index (χ0v) is 6.95. The summed E-state index contributed by atoms with van der Waals surface area (Å²) in [7, 11) is 0. The summed E-state index contributed by atoms with van der Waals surface area (Å²) in [6, 6.07) is 4.31. The van der Waals surface area contributed by atoms with Crippen LogP contribution < -0.4 is 10.1 Å². The van der Waals surface area contributed by atoms with E-state index in [9.17, 15) is 4.39 Å². The minimum absolute atomic E-state index is 0.302. The van der Waals surface area contributed by atoms with E-state index in [-0.39, 0.29) is 5.82 Å². The van der Waals surface area contributed by atoms with Gasteiger partial charge >= 0.3 is 0 Å². The van der Waals surface area contributed by atoms with Crippen molar-refractivity contribution in [2.24, 2.45) is 0 Å².